The second-order valence-electron chi connectivity index (χ2n) is 5.87. The topological polar surface area (TPSA) is 46.9 Å². The van der Waals surface area contributed by atoms with Gasteiger partial charge in [0.1, 0.15) is 4.33 Å². The molecule has 0 spiro atoms. The van der Waals surface area contributed by atoms with Gasteiger partial charge < -0.3 is 5.32 Å². The third-order valence-corrected chi connectivity index (χ3v) is 5.31. The largest absolute Gasteiger partial charge is 0.351 e. The Balaban J connectivity index is 1.67. The summed E-state index contributed by atoms with van der Waals surface area (Å²) in [5.74, 6) is -0.105. The van der Waals surface area contributed by atoms with Crippen LogP contribution in [0.1, 0.15) is 24.5 Å². The summed E-state index contributed by atoms with van der Waals surface area (Å²) in [6.07, 6.45) is 4.15. The van der Waals surface area contributed by atoms with Crippen LogP contribution in [0.25, 0.3) is 0 Å². The van der Waals surface area contributed by atoms with Gasteiger partial charge in [-0.3, -0.25) is 9.48 Å². The summed E-state index contributed by atoms with van der Waals surface area (Å²) < 4.78 is 0.914. The van der Waals surface area contributed by atoms with E-state index in [1.165, 1.54) is 0 Å². The number of carbonyl (C=O) groups excluding carboxylic acids is 1. The molecular formula is C16H17Cl2N3O. The van der Waals surface area contributed by atoms with Crippen molar-refractivity contribution in [3.05, 3.63) is 53.9 Å². The van der Waals surface area contributed by atoms with Crippen molar-refractivity contribution in [1.29, 1.82) is 0 Å². The summed E-state index contributed by atoms with van der Waals surface area (Å²) in [4.78, 5) is 12.2. The van der Waals surface area contributed by atoms with Crippen LogP contribution in [-0.4, -0.2) is 20.0 Å². The van der Waals surface area contributed by atoms with E-state index in [1.54, 1.807) is 13.1 Å². The maximum atomic E-state index is 12.2. The highest BCUT2D eigenvalue weighted by Gasteiger charge is 2.67. The van der Waals surface area contributed by atoms with Gasteiger partial charge in [-0.1, -0.05) is 24.3 Å². The highest BCUT2D eigenvalue weighted by molar-refractivity contribution is 6.53. The van der Waals surface area contributed by atoms with Crippen molar-refractivity contribution < 1.29 is 4.79 Å². The van der Waals surface area contributed by atoms with E-state index in [4.69, 9.17) is 23.2 Å². The minimum Gasteiger partial charge on any atom is -0.351 e. The van der Waals surface area contributed by atoms with Crippen molar-refractivity contribution in [3.8, 4) is 0 Å². The fourth-order valence-electron chi connectivity index (χ4n) is 2.47. The molecule has 22 heavy (non-hydrogen) atoms. The molecule has 116 valence electrons. The standard InChI is InChI=1S/C16H17Cl2N3O/c1-15(11-16(15,17)18)14(22)19-9-12-5-2-3-6-13(12)10-21-8-4-7-20-21/h2-8H,9-11H2,1H3,(H,19,22)/t15-/m0/s1. The zero-order valence-electron chi connectivity index (χ0n) is 12.2. The first-order valence-corrected chi connectivity index (χ1v) is 7.88. The van der Waals surface area contributed by atoms with Crippen molar-refractivity contribution in [3.63, 3.8) is 0 Å². The first-order chi connectivity index (χ1) is 10.4. The smallest absolute Gasteiger partial charge is 0.229 e. The minimum absolute atomic E-state index is 0.105. The van der Waals surface area contributed by atoms with Crippen LogP contribution >= 0.6 is 23.2 Å². The van der Waals surface area contributed by atoms with Gasteiger partial charge >= 0.3 is 0 Å². The van der Waals surface area contributed by atoms with Crippen LogP contribution in [0.3, 0.4) is 0 Å². The van der Waals surface area contributed by atoms with Crippen LogP contribution in [0, 0.1) is 5.41 Å². The highest BCUT2D eigenvalue weighted by atomic mass is 35.5. The van der Waals surface area contributed by atoms with E-state index in [0.717, 1.165) is 11.1 Å². The van der Waals surface area contributed by atoms with E-state index in [2.05, 4.69) is 10.4 Å². The molecule has 1 aliphatic carbocycles. The Morgan fingerprint density at radius 2 is 2.00 bits per heavy atom. The lowest BCUT2D eigenvalue weighted by molar-refractivity contribution is -0.125. The molecule has 1 amide bonds. The van der Waals surface area contributed by atoms with Gasteiger partial charge in [-0.15, -0.1) is 23.2 Å². The number of hydrogen-bond acceptors (Lipinski definition) is 2. The van der Waals surface area contributed by atoms with Crippen LogP contribution in [0.15, 0.2) is 42.7 Å². The zero-order valence-corrected chi connectivity index (χ0v) is 13.7. The van der Waals surface area contributed by atoms with E-state index in [0.29, 0.717) is 19.5 Å². The summed E-state index contributed by atoms with van der Waals surface area (Å²) in [6.45, 7) is 2.92. The van der Waals surface area contributed by atoms with Crippen molar-refractivity contribution >= 4 is 29.1 Å². The van der Waals surface area contributed by atoms with E-state index < -0.39 is 9.75 Å². The van der Waals surface area contributed by atoms with Crippen LogP contribution in [0.2, 0.25) is 0 Å². The fraction of sp³-hybridized carbons (Fsp3) is 0.375. The predicted octanol–water partition coefficient (Wildman–Crippen LogP) is 3.13. The molecule has 1 fully saturated rings. The number of amides is 1. The number of benzene rings is 1. The first-order valence-electron chi connectivity index (χ1n) is 7.13. The number of halogens is 2. The van der Waals surface area contributed by atoms with Gasteiger partial charge in [0.2, 0.25) is 5.91 Å². The van der Waals surface area contributed by atoms with Gasteiger partial charge in [0.05, 0.1) is 12.0 Å². The van der Waals surface area contributed by atoms with Gasteiger partial charge in [0, 0.05) is 18.9 Å². The number of carbonyl (C=O) groups is 1. The van der Waals surface area contributed by atoms with E-state index in [1.807, 2.05) is 41.2 Å². The molecular weight excluding hydrogens is 321 g/mol. The van der Waals surface area contributed by atoms with Crippen LogP contribution < -0.4 is 5.32 Å². The molecule has 4 nitrogen and oxygen atoms in total. The molecule has 1 aliphatic rings. The lowest BCUT2D eigenvalue weighted by Crippen LogP contribution is -2.33. The molecule has 0 radical (unpaired) electrons. The van der Waals surface area contributed by atoms with Gasteiger partial charge in [-0.2, -0.15) is 5.10 Å². The molecule has 1 aromatic carbocycles. The number of alkyl halides is 2. The van der Waals surface area contributed by atoms with Crippen LogP contribution in [-0.2, 0) is 17.9 Å². The lowest BCUT2D eigenvalue weighted by Gasteiger charge is -2.14. The molecule has 0 aliphatic heterocycles. The normalized spacial score (nSPS) is 22.3. The molecule has 1 N–H and O–H groups in total. The summed E-state index contributed by atoms with van der Waals surface area (Å²) in [5.41, 5.74) is 1.49. The SMILES string of the molecule is C[C@@]1(C(=O)NCc2ccccc2Cn2cccn2)CC1(Cl)Cl. The quantitative estimate of drug-likeness (QED) is 0.852. The molecule has 0 unspecified atom stereocenters. The van der Waals surface area contributed by atoms with Crippen molar-refractivity contribution in [2.75, 3.05) is 0 Å². The predicted molar refractivity (Wildman–Crippen MR) is 86.8 cm³/mol. The van der Waals surface area contributed by atoms with Crippen LogP contribution in [0.5, 0.6) is 0 Å². The monoisotopic (exact) mass is 337 g/mol. The van der Waals surface area contributed by atoms with E-state index in [9.17, 15) is 4.79 Å². The second-order valence-corrected chi connectivity index (χ2v) is 7.35. The molecule has 0 bridgehead atoms. The maximum Gasteiger partial charge on any atom is 0.229 e. The van der Waals surface area contributed by atoms with Gasteiger partial charge in [0.25, 0.3) is 0 Å². The highest BCUT2D eigenvalue weighted by Crippen LogP contribution is 2.63. The average molecular weight is 338 g/mol. The van der Waals surface area contributed by atoms with E-state index >= 15 is 0 Å². The Morgan fingerprint density at radius 3 is 2.59 bits per heavy atom. The number of nitrogens with one attached hydrogen (secondary N) is 1. The molecule has 6 heteroatoms. The van der Waals surface area contributed by atoms with Crippen molar-refractivity contribution in [2.24, 2.45) is 5.41 Å². The fourth-order valence-corrected chi connectivity index (χ4v) is 3.18. The molecule has 1 heterocycles. The number of nitrogens with zero attached hydrogens (tertiary/aromatic N) is 2. The maximum absolute atomic E-state index is 12.2. The van der Waals surface area contributed by atoms with Crippen molar-refractivity contribution in [1.82, 2.24) is 15.1 Å². The Labute approximate surface area is 139 Å². The molecule has 1 saturated carbocycles. The Morgan fingerprint density at radius 1 is 1.32 bits per heavy atom. The van der Waals surface area contributed by atoms with Gasteiger partial charge in [0.15, 0.2) is 0 Å². The zero-order chi connectivity index (χ0) is 15.8. The summed E-state index contributed by atoms with van der Waals surface area (Å²) >= 11 is 12.1. The van der Waals surface area contributed by atoms with Gasteiger partial charge in [-0.25, -0.2) is 0 Å². The third kappa shape index (κ3) is 2.85. The summed E-state index contributed by atoms with van der Waals surface area (Å²) in [6, 6.07) is 9.87. The van der Waals surface area contributed by atoms with Crippen LogP contribution in [0.4, 0.5) is 0 Å². The Bertz CT molecular complexity index is 684. The number of hydrogen-bond donors (Lipinski definition) is 1. The Kier molecular flexibility index (Phi) is 3.91. The third-order valence-electron chi connectivity index (χ3n) is 4.21. The number of aromatic nitrogens is 2. The molecule has 0 saturated heterocycles. The molecule has 2 aromatic rings. The van der Waals surface area contributed by atoms with Gasteiger partial charge in [-0.05, 0) is 30.5 Å². The minimum atomic E-state index is -0.939. The summed E-state index contributed by atoms with van der Waals surface area (Å²) in [7, 11) is 0. The molecule has 1 aromatic heterocycles. The second kappa shape index (κ2) is 5.60. The molecule has 3 rings (SSSR count). The Hall–Kier alpha value is -1.52. The van der Waals surface area contributed by atoms with Crippen molar-refractivity contribution in [2.45, 2.75) is 30.8 Å². The lowest BCUT2D eigenvalue weighted by atomic mass is 10.1. The molecule has 1 atom stereocenters. The first kappa shape index (κ1) is 15.4. The average Bonchev–Trinajstić information content (AvgIpc) is 2.83. The van der Waals surface area contributed by atoms with E-state index in [-0.39, 0.29) is 5.91 Å². The summed E-state index contributed by atoms with van der Waals surface area (Å²) in [5, 5.41) is 7.15. The number of rotatable bonds is 5.